The van der Waals surface area contributed by atoms with E-state index in [9.17, 15) is 4.79 Å². The molecule has 0 saturated heterocycles. The number of hydrogen-bond acceptors (Lipinski definition) is 4. The van der Waals surface area contributed by atoms with E-state index in [1.54, 1.807) is 28.9 Å². The maximum atomic E-state index is 12.1. The molecular weight excluding hydrogens is 262 g/mol. The number of carbonyl (C=O) groups excluding carboxylic acids is 1. The van der Waals surface area contributed by atoms with Crippen molar-refractivity contribution in [3.8, 4) is 0 Å². The van der Waals surface area contributed by atoms with Gasteiger partial charge >= 0.3 is 0 Å². The standard InChI is InChI=1S/C14H11NOS2/c16-13(2-1-10-3-5-17-9-10)11-7-14-12(15-8-11)4-6-18-14/h3-9H,1-2H2. The lowest BCUT2D eigenvalue weighted by atomic mass is 10.1. The van der Waals surface area contributed by atoms with Crippen LogP contribution in [-0.4, -0.2) is 10.8 Å². The van der Waals surface area contributed by atoms with Gasteiger partial charge in [0.05, 0.1) is 10.2 Å². The molecule has 0 aliphatic heterocycles. The summed E-state index contributed by atoms with van der Waals surface area (Å²) in [6.45, 7) is 0. The molecule has 3 heterocycles. The summed E-state index contributed by atoms with van der Waals surface area (Å²) in [6, 6.07) is 5.99. The van der Waals surface area contributed by atoms with Gasteiger partial charge in [-0.3, -0.25) is 9.78 Å². The highest BCUT2D eigenvalue weighted by Crippen LogP contribution is 2.20. The molecule has 0 radical (unpaired) electrons. The second kappa shape index (κ2) is 5.00. The van der Waals surface area contributed by atoms with Crippen molar-refractivity contribution in [2.45, 2.75) is 12.8 Å². The Hall–Kier alpha value is -1.52. The number of aromatic nitrogens is 1. The lowest BCUT2D eigenvalue weighted by molar-refractivity contribution is 0.0982. The van der Waals surface area contributed by atoms with Gasteiger partial charge in [-0.2, -0.15) is 11.3 Å². The summed E-state index contributed by atoms with van der Waals surface area (Å²) in [7, 11) is 0. The molecular formula is C14H11NOS2. The van der Waals surface area contributed by atoms with E-state index in [4.69, 9.17) is 0 Å². The molecule has 3 aromatic heterocycles. The van der Waals surface area contributed by atoms with Crippen molar-refractivity contribution in [1.82, 2.24) is 4.98 Å². The highest BCUT2D eigenvalue weighted by molar-refractivity contribution is 7.17. The largest absolute Gasteiger partial charge is 0.294 e. The number of thiophene rings is 2. The Morgan fingerprint density at radius 3 is 3.06 bits per heavy atom. The van der Waals surface area contributed by atoms with E-state index in [2.05, 4.69) is 16.4 Å². The zero-order valence-electron chi connectivity index (χ0n) is 9.63. The highest BCUT2D eigenvalue weighted by atomic mass is 32.1. The van der Waals surface area contributed by atoms with Crippen molar-refractivity contribution in [1.29, 1.82) is 0 Å². The summed E-state index contributed by atoms with van der Waals surface area (Å²) >= 11 is 3.29. The molecule has 0 bridgehead atoms. The van der Waals surface area contributed by atoms with Gasteiger partial charge in [-0.25, -0.2) is 0 Å². The van der Waals surface area contributed by atoms with Crippen LogP contribution in [0, 0.1) is 0 Å². The molecule has 0 aliphatic carbocycles. The van der Waals surface area contributed by atoms with Gasteiger partial charge in [0, 0.05) is 18.2 Å². The van der Waals surface area contributed by atoms with Gasteiger partial charge < -0.3 is 0 Å². The molecule has 0 N–H and O–H groups in total. The molecule has 90 valence electrons. The number of ketones is 1. The first kappa shape index (κ1) is 11.6. The van der Waals surface area contributed by atoms with Crippen molar-refractivity contribution < 1.29 is 4.79 Å². The van der Waals surface area contributed by atoms with Crippen molar-refractivity contribution in [2.24, 2.45) is 0 Å². The normalized spacial score (nSPS) is 10.9. The summed E-state index contributed by atoms with van der Waals surface area (Å²) in [5.74, 6) is 0.170. The average Bonchev–Trinajstić information content (AvgIpc) is 3.05. The molecule has 3 aromatic rings. The van der Waals surface area contributed by atoms with Crippen LogP contribution in [0.15, 0.2) is 40.5 Å². The number of nitrogens with zero attached hydrogens (tertiary/aromatic N) is 1. The molecule has 0 spiro atoms. The van der Waals surface area contributed by atoms with Gasteiger partial charge in [0.2, 0.25) is 0 Å². The Labute approximate surface area is 113 Å². The molecule has 4 heteroatoms. The molecule has 0 fully saturated rings. The number of hydrogen-bond donors (Lipinski definition) is 0. The fraction of sp³-hybridized carbons (Fsp3) is 0.143. The SMILES string of the molecule is O=C(CCc1ccsc1)c1cnc2ccsc2c1. The van der Waals surface area contributed by atoms with E-state index in [0.717, 1.165) is 22.2 Å². The first-order valence-corrected chi connectivity index (χ1v) is 7.53. The molecule has 0 atom stereocenters. The van der Waals surface area contributed by atoms with Crippen LogP contribution in [0.5, 0.6) is 0 Å². The third-order valence-corrected chi connectivity index (χ3v) is 4.43. The minimum absolute atomic E-state index is 0.170. The van der Waals surface area contributed by atoms with E-state index in [0.29, 0.717) is 6.42 Å². The zero-order chi connectivity index (χ0) is 12.4. The van der Waals surface area contributed by atoms with Crippen LogP contribution >= 0.6 is 22.7 Å². The lowest BCUT2D eigenvalue weighted by Crippen LogP contribution is -2.01. The molecule has 0 saturated carbocycles. The number of carbonyl (C=O) groups is 1. The van der Waals surface area contributed by atoms with Gasteiger partial charge in [0.15, 0.2) is 5.78 Å². The first-order chi connectivity index (χ1) is 8.83. The fourth-order valence-electron chi connectivity index (χ4n) is 1.84. The Morgan fingerprint density at radius 2 is 2.22 bits per heavy atom. The van der Waals surface area contributed by atoms with E-state index in [1.807, 2.05) is 22.9 Å². The summed E-state index contributed by atoms with van der Waals surface area (Å²) in [5, 5.41) is 6.13. The topological polar surface area (TPSA) is 30.0 Å². The van der Waals surface area contributed by atoms with Crippen LogP contribution in [0.1, 0.15) is 22.3 Å². The second-order valence-corrected chi connectivity index (χ2v) is 5.81. The van der Waals surface area contributed by atoms with E-state index in [-0.39, 0.29) is 5.78 Å². The van der Waals surface area contributed by atoms with E-state index >= 15 is 0 Å². The van der Waals surface area contributed by atoms with E-state index < -0.39 is 0 Å². The number of aryl methyl sites for hydroxylation is 1. The molecule has 0 amide bonds. The van der Waals surface area contributed by atoms with Crippen LogP contribution in [-0.2, 0) is 6.42 Å². The predicted molar refractivity (Wildman–Crippen MR) is 76.6 cm³/mol. The number of fused-ring (bicyclic) bond motifs is 1. The van der Waals surface area contributed by atoms with Crippen LogP contribution in [0.2, 0.25) is 0 Å². The highest BCUT2D eigenvalue weighted by Gasteiger charge is 2.08. The molecule has 0 unspecified atom stereocenters. The fourth-order valence-corrected chi connectivity index (χ4v) is 3.32. The zero-order valence-corrected chi connectivity index (χ0v) is 11.3. The summed E-state index contributed by atoms with van der Waals surface area (Å²) < 4.78 is 1.08. The molecule has 3 rings (SSSR count). The Kier molecular flexibility index (Phi) is 3.21. The smallest absolute Gasteiger partial charge is 0.164 e. The predicted octanol–water partition coefficient (Wildman–Crippen LogP) is 4.17. The third-order valence-electron chi connectivity index (χ3n) is 2.85. The third kappa shape index (κ3) is 2.35. The molecule has 2 nitrogen and oxygen atoms in total. The van der Waals surface area contributed by atoms with Crippen LogP contribution in [0.3, 0.4) is 0 Å². The monoisotopic (exact) mass is 273 g/mol. The molecule has 0 aliphatic rings. The van der Waals surface area contributed by atoms with Crippen molar-refractivity contribution >= 4 is 38.7 Å². The summed E-state index contributed by atoms with van der Waals surface area (Å²) in [6.07, 6.45) is 3.05. The average molecular weight is 273 g/mol. The number of rotatable bonds is 4. The first-order valence-electron chi connectivity index (χ1n) is 5.70. The second-order valence-electron chi connectivity index (χ2n) is 4.08. The minimum atomic E-state index is 0.170. The molecule has 18 heavy (non-hydrogen) atoms. The maximum absolute atomic E-state index is 12.1. The number of Topliss-reactive ketones (excluding diaryl/α,β-unsaturated/α-hetero) is 1. The quantitative estimate of drug-likeness (QED) is 0.668. The summed E-state index contributed by atoms with van der Waals surface area (Å²) in [5.41, 5.74) is 2.92. The van der Waals surface area contributed by atoms with Crippen molar-refractivity contribution in [3.05, 3.63) is 51.7 Å². The van der Waals surface area contributed by atoms with Crippen molar-refractivity contribution in [2.75, 3.05) is 0 Å². The maximum Gasteiger partial charge on any atom is 0.164 e. The number of pyridine rings is 1. The minimum Gasteiger partial charge on any atom is -0.294 e. The van der Waals surface area contributed by atoms with Crippen LogP contribution in [0.25, 0.3) is 10.2 Å². The lowest BCUT2D eigenvalue weighted by Gasteiger charge is -2.00. The Balaban J connectivity index is 1.75. The Bertz CT molecular complexity index is 670. The van der Waals surface area contributed by atoms with Gasteiger partial charge in [-0.1, -0.05) is 0 Å². The van der Waals surface area contributed by atoms with Gasteiger partial charge in [0.25, 0.3) is 0 Å². The van der Waals surface area contributed by atoms with E-state index in [1.165, 1.54) is 5.56 Å². The van der Waals surface area contributed by atoms with Gasteiger partial charge in [-0.15, -0.1) is 11.3 Å². The van der Waals surface area contributed by atoms with Crippen molar-refractivity contribution in [3.63, 3.8) is 0 Å². The van der Waals surface area contributed by atoms with Gasteiger partial charge in [-0.05, 0) is 46.3 Å². The molecule has 0 aromatic carbocycles. The van der Waals surface area contributed by atoms with Crippen LogP contribution < -0.4 is 0 Å². The van der Waals surface area contributed by atoms with Crippen LogP contribution in [0.4, 0.5) is 0 Å². The Morgan fingerprint density at radius 1 is 1.28 bits per heavy atom. The van der Waals surface area contributed by atoms with Gasteiger partial charge in [0.1, 0.15) is 0 Å². The summed E-state index contributed by atoms with van der Waals surface area (Å²) in [4.78, 5) is 16.4.